The molecule has 0 bridgehead atoms. The van der Waals surface area contributed by atoms with Crippen LogP contribution in [0.25, 0.3) is 0 Å². The van der Waals surface area contributed by atoms with E-state index in [0.717, 1.165) is 11.1 Å². The Labute approximate surface area is 171 Å². The summed E-state index contributed by atoms with van der Waals surface area (Å²) < 4.78 is 0. The molecule has 0 atom stereocenters. The fourth-order valence-corrected chi connectivity index (χ4v) is 3.05. The summed E-state index contributed by atoms with van der Waals surface area (Å²) in [6, 6.07) is 24.4. The first-order chi connectivity index (χ1) is 14.0. The molecule has 0 unspecified atom stereocenters. The second-order valence-electron chi connectivity index (χ2n) is 7.02. The van der Waals surface area contributed by atoms with Crippen molar-refractivity contribution in [2.24, 2.45) is 0 Å². The minimum absolute atomic E-state index is 0.0909. The number of nitrogens with two attached hydrogens (primary N) is 1. The molecule has 148 valence electrons. The van der Waals surface area contributed by atoms with E-state index in [0.29, 0.717) is 36.3 Å². The van der Waals surface area contributed by atoms with Crippen molar-refractivity contribution in [2.45, 2.75) is 19.4 Å². The summed E-state index contributed by atoms with van der Waals surface area (Å²) in [4.78, 5) is 26.7. The van der Waals surface area contributed by atoms with Crippen molar-refractivity contribution in [3.8, 4) is 0 Å². The molecule has 2 amide bonds. The van der Waals surface area contributed by atoms with Crippen LogP contribution in [0, 0.1) is 0 Å². The number of anilines is 2. The Balaban J connectivity index is 1.57. The van der Waals surface area contributed by atoms with Crippen LogP contribution in [0.15, 0.2) is 78.9 Å². The summed E-state index contributed by atoms with van der Waals surface area (Å²) in [6.07, 6.45) is 0.987. The number of nitrogens with one attached hydrogen (secondary N) is 1. The van der Waals surface area contributed by atoms with Crippen LogP contribution in [0.1, 0.15) is 27.9 Å². The highest BCUT2D eigenvalue weighted by atomic mass is 16.2. The van der Waals surface area contributed by atoms with Crippen molar-refractivity contribution < 1.29 is 9.59 Å². The second kappa shape index (κ2) is 9.55. The molecule has 0 spiro atoms. The molecule has 0 saturated heterocycles. The minimum atomic E-state index is -0.0935. The third kappa shape index (κ3) is 5.94. The summed E-state index contributed by atoms with van der Waals surface area (Å²) in [5, 5.41) is 2.87. The first-order valence-electron chi connectivity index (χ1n) is 9.55. The standard InChI is InChI=1S/C24H25N3O2/c1-27(17-19-6-3-2-4-7-19)24(29)20-8-5-9-22(16-20)26-23(28)15-12-18-10-13-21(25)14-11-18/h2-11,13-14,16H,12,15,17,25H2,1H3,(H,26,28). The van der Waals surface area contributed by atoms with Crippen LogP contribution in [-0.2, 0) is 17.8 Å². The zero-order chi connectivity index (χ0) is 20.6. The molecule has 29 heavy (non-hydrogen) atoms. The SMILES string of the molecule is CN(Cc1ccccc1)C(=O)c1cccc(NC(=O)CCc2ccc(N)cc2)c1. The maximum absolute atomic E-state index is 12.7. The van der Waals surface area contributed by atoms with Gasteiger partial charge in [0.05, 0.1) is 0 Å². The number of rotatable bonds is 7. The lowest BCUT2D eigenvalue weighted by molar-refractivity contribution is -0.116. The predicted molar refractivity (Wildman–Crippen MR) is 116 cm³/mol. The first kappa shape index (κ1) is 20.1. The first-order valence-corrected chi connectivity index (χ1v) is 9.55. The van der Waals surface area contributed by atoms with E-state index < -0.39 is 0 Å². The Kier molecular flexibility index (Phi) is 6.63. The van der Waals surface area contributed by atoms with Crippen LogP contribution < -0.4 is 11.1 Å². The normalized spacial score (nSPS) is 10.4. The fraction of sp³-hybridized carbons (Fsp3) is 0.167. The van der Waals surface area contributed by atoms with Crippen molar-refractivity contribution in [1.82, 2.24) is 4.90 Å². The number of hydrogen-bond acceptors (Lipinski definition) is 3. The maximum atomic E-state index is 12.7. The van der Waals surface area contributed by atoms with Crippen LogP contribution in [0.3, 0.4) is 0 Å². The third-order valence-electron chi connectivity index (χ3n) is 4.62. The zero-order valence-electron chi connectivity index (χ0n) is 16.5. The molecule has 5 nitrogen and oxygen atoms in total. The highest BCUT2D eigenvalue weighted by Gasteiger charge is 2.13. The number of hydrogen-bond donors (Lipinski definition) is 2. The van der Waals surface area contributed by atoms with E-state index in [2.05, 4.69) is 5.32 Å². The van der Waals surface area contributed by atoms with Gasteiger partial charge in [-0.05, 0) is 47.9 Å². The van der Waals surface area contributed by atoms with Crippen molar-refractivity contribution >= 4 is 23.2 Å². The lowest BCUT2D eigenvalue weighted by Crippen LogP contribution is -2.26. The Bertz CT molecular complexity index is 969. The lowest BCUT2D eigenvalue weighted by atomic mass is 10.1. The summed E-state index contributed by atoms with van der Waals surface area (Å²) >= 11 is 0. The number of benzene rings is 3. The van der Waals surface area contributed by atoms with Gasteiger partial charge in [0.25, 0.3) is 5.91 Å². The van der Waals surface area contributed by atoms with Gasteiger partial charge in [-0.2, -0.15) is 0 Å². The van der Waals surface area contributed by atoms with E-state index >= 15 is 0 Å². The number of nitrogens with zero attached hydrogens (tertiary/aromatic N) is 1. The Morgan fingerprint density at radius 3 is 2.34 bits per heavy atom. The predicted octanol–water partition coefficient (Wildman–Crippen LogP) is 4.11. The molecule has 0 aliphatic heterocycles. The van der Waals surface area contributed by atoms with Gasteiger partial charge in [-0.3, -0.25) is 9.59 Å². The molecule has 3 rings (SSSR count). The van der Waals surface area contributed by atoms with Gasteiger partial charge in [0.15, 0.2) is 0 Å². The molecular formula is C24H25N3O2. The molecule has 0 fully saturated rings. The minimum Gasteiger partial charge on any atom is -0.399 e. The average Bonchev–Trinajstić information content (AvgIpc) is 2.73. The summed E-state index contributed by atoms with van der Waals surface area (Å²) in [6.45, 7) is 0.526. The van der Waals surface area contributed by atoms with Gasteiger partial charge < -0.3 is 16.0 Å². The van der Waals surface area contributed by atoms with Gasteiger partial charge in [-0.25, -0.2) is 0 Å². The molecule has 0 aromatic heterocycles. The number of amides is 2. The van der Waals surface area contributed by atoms with E-state index in [9.17, 15) is 9.59 Å². The highest BCUT2D eigenvalue weighted by Crippen LogP contribution is 2.15. The molecule has 5 heteroatoms. The zero-order valence-corrected chi connectivity index (χ0v) is 16.5. The van der Waals surface area contributed by atoms with Crippen molar-refractivity contribution in [3.05, 3.63) is 95.6 Å². The molecule has 3 aromatic carbocycles. The monoisotopic (exact) mass is 387 g/mol. The van der Waals surface area contributed by atoms with Crippen molar-refractivity contribution in [1.29, 1.82) is 0 Å². The summed E-state index contributed by atoms with van der Waals surface area (Å²) in [7, 11) is 1.77. The Morgan fingerprint density at radius 2 is 1.62 bits per heavy atom. The smallest absolute Gasteiger partial charge is 0.253 e. The topological polar surface area (TPSA) is 75.4 Å². The molecule has 0 aliphatic carbocycles. The fourth-order valence-electron chi connectivity index (χ4n) is 3.05. The van der Waals surface area contributed by atoms with Gasteiger partial charge in [-0.15, -0.1) is 0 Å². The van der Waals surface area contributed by atoms with E-state index in [1.54, 1.807) is 36.2 Å². The van der Waals surface area contributed by atoms with Crippen LogP contribution >= 0.6 is 0 Å². The average molecular weight is 387 g/mol. The van der Waals surface area contributed by atoms with Gasteiger partial charge in [-0.1, -0.05) is 48.5 Å². The van der Waals surface area contributed by atoms with E-state index in [1.165, 1.54) is 0 Å². The molecule has 0 saturated carbocycles. The molecule has 0 radical (unpaired) electrons. The third-order valence-corrected chi connectivity index (χ3v) is 4.62. The molecule has 0 heterocycles. The van der Waals surface area contributed by atoms with Crippen LogP contribution in [-0.4, -0.2) is 23.8 Å². The van der Waals surface area contributed by atoms with Crippen LogP contribution in [0.4, 0.5) is 11.4 Å². The van der Waals surface area contributed by atoms with Crippen molar-refractivity contribution in [3.63, 3.8) is 0 Å². The van der Waals surface area contributed by atoms with E-state index in [-0.39, 0.29) is 11.8 Å². The number of carbonyl (C=O) groups is 2. The van der Waals surface area contributed by atoms with E-state index in [1.807, 2.05) is 54.6 Å². The van der Waals surface area contributed by atoms with Gasteiger partial charge in [0, 0.05) is 37.0 Å². The molecule has 3 N–H and O–H groups in total. The summed E-state index contributed by atoms with van der Waals surface area (Å²) in [5.74, 6) is -0.184. The quantitative estimate of drug-likeness (QED) is 0.599. The number of nitrogen functional groups attached to an aromatic ring is 1. The van der Waals surface area contributed by atoms with E-state index in [4.69, 9.17) is 5.73 Å². The second-order valence-corrected chi connectivity index (χ2v) is 7.02. The number of aryl methyl sites for hydroxylation is 1. The van der Waals surface area contributed by atoms with Crippen LogP contribution in [0.2, 0.25) is 0 Å². The largest absolute Gasteiger partial charge is 0.399 e. The molecule has 0 aliphatic rings. The number of carbonyl (C=O) groups excluding carboxylic acids is 2. The van der Waals surface area contributed by atoms with Crippen molar-refractivity contribution in [2.75, 3.05) is 18.1 Å². The Hall–Kier alpha value is -3.60. The van der Waals surface area contributed by atoms with Gasteiger partial charge in [0.1, 0.15) is 0 Å². The molecule has 3 aromatic rings. The maximum Gasteiger partial charge on any atom is 0.253 e. The lowest BCUT2D eigenvalue weighted by Gasteiger charge is -2.18. The van der Waals surface area contributed by atoms with Gasteiger partial charge in [0.2, 0.25) is 5.91 Å². The Morgan fingerprint density at radius 1 is 0.897 bits per heavy atom. The van der Waals surface area contributed by atoms with Crippen LogP contribution in [0.5, 0.6) is 0 Å². The highest BCUT2D eigenvalue weighted by molar-refractivity contribution is 5.97. The molecular weight excluding hydrogens is 362 g/mol. The summed E-state index contributed by atoms with van der Waals surface area (Å²) in [5.41, 5.74) is 9.66. The van der Waals surface area contributed by atoms with Gasteiger partial charge >= 0.3 is 0 Å².